The highest BCUT2D eigenvalue weighted by molar-refractivity contribution is 7.14. The maximum Gasteiger partial charge on any atom is 0.345 e. The molecule has 2 heterocycles. The Hall–Kier alpha value is -0.870. The van der Waals surface area contributed by atoms with Crippen LogP contribution in [0, 0.1) is 6.92 Å². The van der Waals surface area contributed by atoms with E-state index in [2.05, 4.69) is 11.8 Å². The molecule has 0 aliphatic carbocycles. The van der Waals surface area contributed by atoms with Gasteiger partial charge in [-0.15, -0.1) is 11.3 Å². The number of hydrogen-bond acceptors (Lipinski definition) is 3. The van der Waals surface area contributed by atoms with E-state index < -0.39 is 5.97 Å². The van der Waals surface area contributed by atoms with Crippen molar-refractivity contribution in [2.45, 2.75) is 39.3 Å². The predicted molar refractivity (Wildman–Crippen MR) is 65.1 cm³/mol. The lowest BCUT2D eigenvalue weighted by Crippen LogP contribution is -2.26. The molecule has 0 spiro atoms. The summed E-state index contributed by atoms with van der Waals surface area (Å²) in [4.78, 5) is 14.9. The minimum atomic E-state index is -0.811. The minimum absolute atomic E-state index is 0.458. The number of aromatic carboxylic acids is 1. The van der Waals surface area contributed by atoms with Crippen LogP contribution in [0.3, 0.4) is 0 Å². The van der Waals surface area contributed by atoms with Gasteiger partial charge in [0, 0.05) is 17.5 Å². The Kier molecular flexibility index (Phi) is 3.30. The molecule has 3 nitrogen and oxygen atoms in total. The molecular weight excluding hydrogens is 222 g/mol. The zero-order chi connectivity index (χ0) is 11.7. The van der Waals surface area contributed by atoms with Gasteiger partial charge in [0.2, 0.25) is 0 Å². The summed E-state index contributed by atoms with van der Waals surface area (Å²) in [5.74, 6) is -0.811. The first-order valence-electron chi connectivity index (χ1n) is 5.64. The van der Waals surface area contributed by atoms with Crippen molar-refractivity contribution in [2.75, 3.05) is 6.54 Å². The van der Waals surface area contributed by atoms with Crippen LogP contribution >= 0.6 is 11.3 Å². The van der Waals surface area contributed by atoms with Crippen LogP contribution in [0.1, 0.15) is 39.9 Å². The fraction of sp³-hybridized carbons (Fsp3) is 0.583. The van der Waals surface area contributed by atoms with Gasteiger partial charge in [0.15, 0.2) is 0 Å². The number of carbonyl (C=O) groups is 1. The lowest BCUT2D eigenvalue weighted by atomic mass is 10.2. The van der Waals surface area contributed by atoms with Crippen molar-refractivity contribution in [3.05, 3.63) is 21.4 Å². The molecule has 1 aromatic heterocycles. The molecule has 1 atom stereocenters. The van der Waals surface area contributed by atoms with Gasteiger partial charge in [-0.25, -0.2) is 4.79 Å². The number of aryl methyl sites for hydroxylation is 1. The van der Waals surface area contributed by atoms with Crippen molar-refractivity contribution in [3.63, 3.8) is 0 Å². The second kappa shape index (κ2) is 4.55. The number of rotatable bonds is 3. The highest BCUT2D eigenvalue weighted by atomic mass is 32.1. The van der Waals surface area contributed by atoms with Gasteiger partial charge < -0.3 is 5.11 Å². The zero-order valence-electron chi connectivity index (χ0n) is 9.69. The van der Waals surface area contributed by atoms with Gasteiger partial charge in [-0.05, 0) is 44.9 Å². The van der Waals surface area contributed by atoms with E-state index >= 15 is 0 Å². The van der Waals surface area contributed by atoms with Gasteiger partial charge in [0.1, 0.15) is 4.88 Å². The molecule has 0 radical (unpaired) electrons. The van der Waals surface area contributed by atoms with Gasteiger partial charge in [-0.3, -0.25) is 4.90 Å². The number of nitrogens with zero attached hydrogens (tertiary/aromatic N) is 1. The Labute approximate surface area is 99.7 Å². The Morgan fingerprint density at radius 1 is 1.69 bits per heavy atom. The molecule has 1 aromatic rings. The average Bonchev–Trinajstić information content (AvgIpc) is 2.76. The van der Waals surface area contributed by atoms with E-state index in [9.17, 15) is 4.79 Å². The summed E-state index contributed by atoms with van der Waals surface area (Å²) in [7, 11) is 0. The maximum atomic E-state index is 10.9. The molecule has 0 bridgehead atoms. The lowest BCUT2D eigenvalue weighted by Gasteiger charge is -2.20. The third kappa shape index (κ3) is 2.28. The van der Waals surface area contributed by atoms with E-state index in [-0.39, 0.29) is 0 Å². The monoisotopic (exact) mass is 239 g/mol. The van der Waals surface area contributed by atoms with Gasteiger partial charge in [-0.2, -0.15) is 0 Å². The van der Waals surface area contributed by atoms with Crippen molar-refractivity contribution in [1.82, 2.24) is 4.90 Å². The second-order valence-electron chi connectivity index (χ2n) is 4.46. The molecule has 1 aliphatic rings. The van der Waals surface area contributed by atoms with Gasteiger partial charge in [0.05, 0.1) is 0 Å². The summed E-state index contributed by atoms with van der Waals surface area (Å²) in [5, 5.41) is 8.93. The Balaban J connectivity index is 2.12. The number of carboxylic acid groups (broad SMARTS) is 1. The third-order valence-corrected chi connectivity index (χ3v) is 4.38. The van der Waals surface area contributed by atoms with Crippen LogP contribution in [-0.4, -0.2) is 28.6 Å². The summed E-state index contributed by atoms with van der Waals surface area (Å²) in [6.07, 6.45) is 2.52. The molecule has 0 aromatic carbocycles. The van der Waals surface area contributed by atoms with E-state index in [1.807, 2.05) is 13.0 Å². The highest BCUT2D eigenvalue weighted by Crippen LogP contribution is 2.26. The fourth-order valence-electron chi connectivity index (χ4n) is 2.23. The molecule has 1 saturated heterocycles. The molecule has 16 heavy (non-hydrogen) atoms. The van der Waals surface area contributed by atoms with Crippen molar-refractivity contribution in [1.29, 1.82) is 0 Å². The first kappa shape index (κ1) is 11.6. The number of thiophene rings is 1. The Morgan fingerprint density at radius 3 is 2.94 bits per heavy atom. The van der Waals surface area contributed by atoms with E-state index in [1.165, 1.54) is 29.7 Å². The molecule has 2 rings (SSSR count). The first-order chi connectivity index (χ1) is 7.58. The molecule has 4 heteroatoms. The minimum Gasteiger partial charge on any atom is -0.477 e. The van der Waals surface area contributed by atoms with E-state index in [0.29, 0.717) is 10.9 Å². The zero-order valence-corrected chi connectivity index (χ0v) is 10.5. The topological polar surface area (TPSA) is 40.5 Å². The fourth-order valence-corrected chi connectivity index (χ4v) is 3.10. The molecule has 1 aliphatic heterocycles. The van der Waals surface area contributed by atoms with Crippen LogP contribution in [-0.2, 0) is 6.54 Å². The number of hydrogen-bond donors (Lipinski definition) is 1. The van der Waals surface area contributed by atoms with Crippen LogP contribution in [0.15, 0.2) is 6.07 Å². The summed E-state index contributed by atoms with van der Waals surface area (Å²) >= 11 is 1.38. The van der Waals surface area contributed by atoms with E-state index in [0.717, 1.165) is 18.0 Å². The molecule has 1 unspecified atom stereocenters. The normalized spacial score (nSPS) is 21.5. The molecule has 0 amide bonds. The molecule has 1 N–H and O–H groups in total. The molecule has 1 fully saturated rings. The lowest BCUT2D eigenvalue weighted by molar-refractivity contribution is 0.0702. The Bertz CT molecular complexity index is 400. The largest absolute Gasteiger partial charge is 0.477 e. The smallest absolute Gasteiger partial charge is 0.345 e. The van der Waals surface area contributed by atoms with Crippen LogP contribution in [0.25, 0.3) is 0 Å². The van der Waals surface area contributed by atoms with Crippen molar-refractivity contribution < 1.29 is 9.90 Å². The number of carboxylic acids is 1. The maximum absolute atomic E-state index is 10.9. The average molecular weight is 239 g/mol. The standard InChI is InChI=1S/C12H17NO2S/c1-8-4-3-5-13(8)7-10-6-11(12(14)15)16-9(10)2/h6,8H,3-5,7H2,1-2H3,(H,14,15). The van der Waals surface area contributed by atoms with Crippen LogP contribution < -0.4 is 0 Å². The highest BCUT2D eigenvalue weighted by Gasteiger charge is 2.21. The predicted octanol–water partition coefficient (Wildman–Crippen LogP) is 2.74. The second-order valence-corrected chi connectivity index (χ2v) is 5.72. The van der Waals surface area contributed by atoms with E-state index in [1.54, 1.807) is 0 Å². The summed E-state index contributed by atoms with van der Waals surface area (Å²) in [6.45, 7) is 6.29. The van der Waals surface area contributed by atoms with Crippen molar-refractivity contribution in [3.8, 4) is 0 Å². The van der Waals surface area contributed by atoms with Gasteiger partial charge in [0.25, 0.3) is 0 Å². The van der Waals surface area contributed by atoms with Gasteiger partial charge in [-0.1, -0.05) is 0 Å². The van der Waals surface area contributed by atoms with Crippen molar-refractivity contribution in [2.24, 2.45) is 0 Å². The van der Waals surface area contributed by atoms with Gasteiger partial charge >= 0.3 is 5.97 Å². The SMILES string of the molecule is Cc1sc(C(=O)O)cc1CN1CCCC1C. The summed E-state index contributed by atoms with van der Waals surface area (Å²) < 4.78 is 0. The quantitative estimate of drug-likeness (QED) is 0.881. The number of likely N-dealkylation sites (tertiary alicyclic amines) is 1. The van der Waals surface area contributed by atoms with Crippen LogP contribution in [0.5, 0.6) is 0 Å². The third-order valence-electron chi connectivity index (χ3n) is 3.30. The molecule has 88 valence electrons. The van der Waals surface area contributed by atoms with E-state index in [4.69, 9.17) is 5.11 Å². The first-order valence-corrected chi connectivity index (χ1v) is 6.46. The molecular formula is C12H17NO2S. The Morgan fingerprint density at radius 2 is 2.44 bits per heavy atom. The summed E-state index contributed by atoms with van der Waals surface area (Å²) in [6, 6.07) is 2.46. The van der Waals surface area contributed by atoms with Crippen molar-refractivity contribution >= 4 is 17.3 Å². The van der Waals surface area contributed by atoms with Crippen LogP contribution in [0.2, 0.25) is 0 Å². The molecule has 0 saturated carbocycles. The van der Waals surface area contributed by atoms with Crippen LogP contribution in [0.4, 0.5) is 0 Å². The summed E-state index contributed by atoms with van der Waals surface area (Å²) in [5.41, 5.74) is 1.18.